The van der Waals surface area contributed by atoms with Gasteiger partial charge < -0.3 is 19.9 Å². The average molecular weight is 378 g/mol. The van der Waals surface area contributed by atoms with Crippen LogP contribution >= 0.6 is 11.6 Å². The first kappa shape index (κ1) is 19.6. The van der Waals surface area contributed by atoms with Crippen LogP contribution in [-0.2, 0) is 16.0 Å². The molecule has 0 aliphatic heterocycles. The molecule has 2 aromatic carbocycles. The third kappa shape index (κ3) is 5.67. The van der Waals surface area contributed by atoms with Crippen molar-refractivity contribution in [2.24, 2.45) is 0 Å². The summed E-state index contributed by atoms with van der Waals surface area (Å²) in [6.45, 7) is 1.47. The van der Waals surface area contributed by atoms with E-state index < -0.39 is 12.6 Å². The Balaban J connectivity index is 1.96. The van der Waals surface area contributed by atoms with Gasteiger partial charge in [-0.15, -0.1) is 0 Å². The monoisotopic (exact) mass is 377 g/mol. The van der Waals surface area contributed by atoms with Crippen LogP contribution in [0.5, 0.6) is 11.5 Å². The summed E-state index contributed by atoms with van der Waals surface area (Å²) in [5, 5.41) is 12.1. The van der Waals surface area contributed by atoms with Gasteiger partial charge in [0.25, 0.3) is 0 Å². The molecule has 0 aliphatic rings. The maximum absolute atomic E-state index is 12.3. The van der Waals surface area contributed by atoms with Crippen molar-refractivity contribution < 1.29 is 24.2 Å². The van der Waals surface area contributed by atoms with Gasteiger partial charge >= 0.3 is 5.97 Å². The summed E-state index contributed by atoms with van der Waals surface area (Å²) < 4.78 is 10.3. The summed E-state index contributed by atoms with van der Waals surface area (Å²) in [5.74, 6) is -0.133. The largest absolute Gasteiger partial charge is 0.496 e. The molecule has 0 aromatic heterocycles. The molecule has 1 atom stereocenters. The van der Waals surface area contributed by atoms with Gasteiger partial charge in [0, 0.05) is 10.6 Å². The number of nitrogens with one attached hydrogen (secondary N) is 1. The zero-order chi connectivity index (χ0) is 19.1. The minimum Gasteiger partial charge on any atom is -0.496 e. The van der Waals surface area contributed by atoms with Crippen molar-refractivity contribution in [1.29, 1.82) is 0 Å². The second-order valence-corrected chi connectivity index (χ2v) is 6.11. The first-order valence-corrected chi connectivity index (χ1v) is 8.33. The topological polar surface area (TPSA) is 84.9 Å². The van der Waals surface area contributed by atoms with E-state index in [9.17, 15) is 9.59 Å². The number of aliphatic carboxylic acids is 1. The van der Waals surface area contributed by atoms with Crippen LogP contribution in [0.3, 0.4) is 0 Å². The fourth-order valence-corrected chi connectivity index (χ4v) is 2.63. The first-order chi connectivity index (χ1) is 12.4. The summed E-state index contributed by atoms with van der Waals surface area (Å²) in [5.41, 5.74) is 1.58. The van der Waals surface area contributed by atoms with Crippen molar-refractivity contribution >= 4 is 23.5 Å². The number of carbonyl (C=O) groups excluding carboxylic acids is 1. The highest BCUT2D eigenvalue weighted by Crippen LogP contribution is 2.23. The number of hydrogen-bond donors (Lipinski definition) is 2. The number of carbonyl (C=O) groups is 2. The zero-order valence-corrected chi connectivity index (χ0v) is 15.2. The molecule has 0 bridgehead atoms. The van der Waals surface area contributed by atoms with Crippen molar-refractivity contribution in [1.82, 2.24) is 5.32 Å². The van der Waals surface area contributed by atoms with Gasteiger partial charge in [-0.1, -0.05) is 23.7 Å². The maximum atomic E-state index is 12.3. The minimum atomic E-state index is -1.04. The molecule has 0 saturated carbocycles. The Hall–Kier alpha value is -2.73. The van der Waals surface area contributed by atoms with Gasteiger partial charge in [-0.2, -0.15) is 0 Å². The van der Waals surface area contributed by atoms with Crippen LogP contribution in [-0.4, -0.2) is 30.7 Å². The zero-order valence-electron chi connectivity index (χ0n) is 14.5. The SMILES string of the molecule is COc1ccc(Cl)cc1CC(=O)NC(C)c1ccc(OCC(=O)O)cc1. The van der Waals surface area contributed by atoms with Crippen LogP contribution in [0.1, 0.15) is 24.1 Å². The van der Waals surface area contributed by atoms with Crippen molar-refractivity contribution in [2.45, 2.75) is 19.4 Å². The molecule has 1 amide bonds. The quantitative estimate of drug-likeness (QED) is 0.737. The van der Waals surface area contributed by atoms with Crippen LogP contribution < -0.4 is 14.8 Å². The Morgan fingerprint density at radius 3 is 2.50 bits per heavy atom. The molecule has 2 N–H and O–H groups in total. The highest BCUT2D eigenvalue weighted by atomic mass is 35.5. The highest BCUT2D eigenvalue weighted by Gasteiger charge is 2.13. The fourth-order valence-electron chi connectivity index (χ4n) is 2.43. The highest BCUT2D eigenvalue weighted by molar-refractivity contribution is 6.30. The third-order valence-corrected chi connectivity index (χ3v) is 3.95. The van der Waals surface area contributed by atoms with E-state index in [1.54, 1.807) is 49.6 Å². The lowest BCUT2D eigenvalue weighted by Crippen LogP contribution is -2.28. The average Bonchev–Trinajstić information content (AvgIpc) is 2.60. The predicted octanol–water partition coefficient (Wildman–Crippen LogP) is 3.23. The van der Waals surface area contributed by atoms with Crippen molar-refractivity contribution in [3.63, 3.8) is 0 Å². The summed E-state index contributed by atoms with van der Waals surface area (Å²) in [6.07, 6.45) is 0.147. The molecular weight excluding hydrogens is 358 g/mol. The van der Waals surface area contributed by atoms with Gasteiger partial charge in [-0.3, -0.25) is 4.79 Å². The first-order valence-electron chi connectivity index (χ1n) is 7.95. The number of carboxylic acid groups (broad SMARTS) is 1. The van der Waals surface area contributed by atoms with E-state index in [2.05, 4.69) is 5.32 Å². The van der Waals surface area contributed by atoms with Crippen LogP contribution in [0.15, 0.2) is 42.5 Å². The predicted molar refractivity (Wildman–Crippen MR) is 97.8 cm³/mol. The van der Waals surface area contributed by atoms with E-state index in [-0.39, 0.29) is 18.4 Å². The van der Waals surface area contributed by atoms with E-state index in [1.165, 1.54) is 0 Å². The summed E-state index contributed by atoms with van der Waals surface area (Å²) in [4.78, 5) is 22.8. The van der Waals surface area contributed by atoms with Crippen LogP contribution in [0.2, 0.25) is 5.02 Å². The number of hydrogen-bond acceptors (Lipinski definition) is 4. The number of halogens is 1. The number of amides is 1. The van der Waals surface area contributed by atoms with Crippen LogP contribution in [0.4, 0.5) is 0 Å². The van der Waals surface area contributed by atoms with Crippen LogP contribution in [0.25, 0.3) is 0 Å². The molecule has 138 valence electrons. The second kappa shape index (κ2) is 9.10. The fraction of sp³-hybridized carbons (Fsp3) is 0.263. The van der Waals surface area contributed by atoms with E-state index in [1.807, 2.05) is 6.92 Å². The Morgan fingerprint density at radius 2 is 1.88 bits per heavy atom. The Kier molecular flexibility index (Phi) is 6.86. The lowest BCUT2D eigenvalue weighted by Gasteiger charge is -2.16. The summed E-state index contributed by atoms with van der Waals surface area (Å²) >= 11 is 5.98. The van der Waals surface area contributed by atoms with Crippen LogP contribution in [0, 0.1) is 0 Å². The molecule has 0 aliphatic carbocycles. The molecule has 7 heteroatoms. The molecule has 0 radical (unpaired) electrons. The molecule has 0 spiro atoms. The van der Waals surface area contributed by atoms with E-state index in [0.717, 1.165) is 5.56 Å². The van der Waals surface area contributed by atoms with E-state index in [0.29, 0.717) is 22.1 Å². The van der Waals surface area contributed by atoms with E-state index in [4.69, 9.17) is 26.2 Å². The maximum Gasteiger partial charge on any atom is 0.341 e. The second-order valence-electron chi connectivity index (χ2n) is 5.67. The number of methoxy groups -OCH3 is 1. The third-order valence-electron chi connectivity index (χ3n) is 3.71. The number of ether oxygens (including phenoxy) is 2. The molecule has 0 saturated heterocycles. The summed E-state index contributed by atoms with van der Waals surface area (Å²) in [7, 11) is 1.54. The smallest absolute Gasteiger partial charge is 0.341 e. The normalized spacial score (nSPS) is 11.5. The Labute approximate surface area is 156 Å². The van der Waals surface area contributed by atoms with Gasteiger partial charge in [-0.25, -0.2) is 4.79 Å². The molecule has 1 unspecified atom stereocenters. The van der Waals surface area contributed by atoms with E-state index >= 15 is 0 Å². The minimum absolute atomic E-state index is 0.147. The summed E-state index contributed by atoms with van der Waals surface area (Å²) in [6, 6.07) is 11.8. The molecule has 26 heavy (non-hydrogen) atoms. The molecule has 0 fully saturated rings. The molecule has 0 heterocycles. The number of benzene rings is 2. The van der Waals surface area contributed by atoms with Crippen molar-refractivity contribution in [2.75, 3.05) is 13.7 Å². The molecule has 6 nitrogen and oxygen atoms in total. The Bertz CT molecular complexity index is 776. The van der Waals surface area contributed by atoms with Crippen molar-refractivity contribution in [3.05, 3.63) is 58.6 Å². The lowest BCUT2D eigenvalue weighted by atomic mass is 10.1. The molecule has 2 aromatic rings. The van der Waals surface area contributed by atoms with Gasteiger partial charge in [0.15, 0.2) is 6.61 Å². The number of carboxylic acids is 1. The molecular formula is C19H20ClNO5. The Morgan fingerprint density at radius 1 is 1.19 bits per heavy atom. The van der Waals surface area contributed by atoms with Gasteiger partial charge in [0.1, 0.15) is 11.5 Å². The van der Waals surface area contributed by atoms with Gasteiger partial charge in [0.05, 0.1) is 19.6 Å². The molecule has 2 rings (SSSR count). The number of rotatable bonds is 8. The van der Waals surface area contributed by atoms with Crippen molar-refractivity contribution in [3.8, 4) is 11.5 Å². The van der Waals surface area contributed by atoms with Gasteiger partial charge in [0.2, 0.25) is 5.91 Å². The lowest BCUT2D eigenvalue weighted by molar-refractivity contribution is -0.139. The standard InChI is InChI=1S/C19H20ClNO5/c1-12(13-3-6-16(7-4-13)26-11-19(23)24)21-18(22)10-14-9-15(20)5-8-17(14)25-2/h3-9,12H,10-11H2,1-2H3,(H,21,22)(H,23,24). The van der Waals surface area contributed by atoms with Gasteiger partial charge in [-0.05, 0) is 42.8 Å².